The average molecular weight is 515 g/mol. The zero-order chi connectivity index (χ0) is 24.9. The van der Waals surface area contributed by atoms with E-state index in [-0.39, 0.29) is 12.3 Å². The molecule has 5 nitrogen and oxygen atoms in total. The Morgan fingerprint density at radius 1 is 1.09 bits per heavy atom. The third-order valence-corrected chi connectivity index (χ3v) is 7.64. The fraction of sp³-hybridized carbons (Fsp3) is 0.417. The van der Waals surface area contributed by atoms with E-state index in [0.29, 0.717) is 29.5 Å². The van der Waals surface area contributed by atoms with Gasteiger partial charge < -0.3 is 14.4 Å². The van der Waals surface area contributed by atoms with Crippen molar-refractivity contribution in [3.63, 3.8) is 0 Å². The Bertz CT molecular complexity index is 1100. The molecule has 0 saturated heterocycles. The lowest BCUT2D eigenvalue weighted by Crippen LogP contribution is -2.33. The minimum absolute atomic E-state index is 0.246. The Hall–Kier alpha value is -2.30. The van der Waals surface area contributed by atoms with Crippen LogP contribution in [0, 0.1) is 5.92 Å². The first-order chi connectivity index (χ1) is 16.1. The number of rotatable bonds is 11. The predicted octanol–water partition coefficient (Wildman–Crippen LogP) is 6.07. The number of hydrogen-bond acceptors (Lipinski definition) is 5. The van der Waals surface area contributed by atoms with Gasteiger partial charge in [-0.25, -0.2) is 4.21 Å². The van der Waals surface area contributed by atoms with E-state index in [2.05, 4.69) is 23.5 Å². The first-order valence-corrected chi connectivity index (χ1v) is 12.9. The molecule has 1 unspecified atom stereocenters. The fourth-order valence-corrected chi connectivity index (χ4v) is 6.32. The molecule has 1 aromatic heterocycles. The molecule has 10 heteroatoms. The number of anilines is 1. The molecule has 0 amide bonds. The molecular weight excluding hydrogens is 485 g/mol. The second-order valence-corrected chi connectivity index (χ2v) is 10.9. The van der Waals surface area contributed by atoms with E-state index < -0.39 is 17.3 Å². The number of nitrogens with zero attached hydrogens (tertiary/aromatic N) is 2. The third kappa shape index (κ3) is 7.10. The number of thiophene rings is 1. The van der Waals surface area contributed by atoms with Crippen LogP contribution in [0.1, 0.15) is 19.4 Å². The summed E-state index contributed by atoms with van der Waals surface area (Å²) < 4.78 is 63.5. The number of hydrogen-bond donors (Lipinski definition) is 0. The van der Waals surface area contributed by atoms with Gasteiger partial charge >= 0.3 is 6.36 Å². The fourth-order valence-electron chi connectivity index (χ4n) is 3.63. The van der Waals surface area contributed by atoms with Gasteiger partial charge in [-0.15, -0.1) is 24.5 Å². The largest absolute Gasteiger partial charge is 0.573 e. The van der Waals surface area contributed by atoms with Gasteiger partial charge in [0.1, 0.15) is 21.7 Å². The van der Waals surface area contributed by atoms with E-state index in [1.54, 1.807) is 23.5 Å². The Morgan fingerprint density at radius 3 is 2.38 bits per heavy atom. The Kier molecular flexibility index (Phi) is 8.83. The minimum atomic E-state index is -4.75. The van der Waals surface area contributed by atoms with E-state index >= 15 is 0 Å². The highest BCUT2D eigenvalue weighted by molar-refractivity contribution is 7.86. The van der Waals surface area contributed by atoms with Crippen LogP contribution < -0.4 is 13.8 Å². The van der Waals surface area contributed by atoms with Crippen LogP contribution in [-0.4, -0.2) is 48.5 Å². The summed E-state index contributed by atoms with van der Waals surface area (Å²) in [5, 5.41) is 1.65. The Balaban J connectivity index is 1.89. The molecule has 186 valence electrons. The van der Waals surface area contributed by atoms with Gasteiger partial charge in [0.15, 0.2) is 5.75 Å². The highest BCUT2D eigenvalue weighted by Crippen LogP contribution is 2.45. The first-order valence-electron chi connectivity index (χ1n) is 10.8. The van der Waals surface area contributed by atoms with E-state index in [1.165, 1.54) is 23.5 Å². The summed E-state index contributed by atoms with van der Waals surface area (Å²) in [6, 6.07) is 13.4. The minimum Gasteiger partial charge on any atom is -0.493 e. The maximum Gasteiger partial charge on any atom is 0.573 e. The number of benzene rings is 2. The molecule has 0 saturated carbocycles. The Labute approximate surface area is 204 Å². The number of alkyl halides is 3. The number of methoxy groups -OCH3 is 1. The third-order valence-electron chi connectivity index (χ3n) is 5.02. The molecule has 1 heterocycles. The normalized spacial score (nSPS) is 13.0. The van der Waals surface area contributed by atoms with E-state index in [0.717, 1.165) is 21.6 Å². The van der Waals surface area contributed by atoms with Gasteiger partial charge in [0.05, 0.1) is 19.4 Å². The topological polar surface area (TPSA) is 42.0 Å². The summed E-state index contributed by atoms with van der Waals surface area (Å²) in [4.78, 5) is 2.15. The van der Waals surface area contributed by atoms with Crippen molar-refractivity contribution < 1.29 is 26.9 Å². The molecule has 0 bridgehead atoms. The van der Waals surface area contributed by atoms with Crippen LogP contribution in [0.15, 0.2) is 48.5 Å². The van der Waals surface area contributed by atoms with Gasteiger partial charge in [0, 0.05) is 23.2 Å². The van der Waals surface area contributed by atoms with E-state index in [4.69, 9.17) is 4.74 Å². The smallest absolute Gasteiger partial charge is 0.493 e. The summed E-state index contributed by atoms with van der Waals surface area (Å²) in [5.74, 6) is 1.26. The van der Waals surface area contributed by atoms with Crippen molar-refractivity contribution in [2.24, 2.45) is 5.92 Å². The molecule has 0 aliphatic rings. The SMILES string of the molecule is COc1c(N(Cc2ccc(OC(F)(F)F)cc2)S(=O)CCN(C)CC(C)C)sc2ccccc12. The summed E-state index contributed by atoms with van der Waals surface area (Å²) in [5.41, 5.74) is 0.706. The lowest BCUT2D eigenvalue weighted by molar-refractivity contribution is -0.274. The molecule has 3 aromatic rings. The standard InChI is InChI=1S/C24H29F3N2O3S2/c1-17(2)15-28(3)13-14-34(30)29(16-18-9-11-19(12-10-18)32-24(25,26)27)23-22(31-4)20-7-5-6-8-21(20)33-23/h5-12,17H,13-16H2,1-4H3. The van der Waals surface area contributed by atoms with Crippen molar-refractivity contribution in [1.29, 1.82) is 0 Å². The van der Waals surface area contributed by atoms with Crippen molar-refractivity contribution in [2.45, 2.75) is 26.8 Å². The van der Waals surface area contributed by atoms with Crippen molar-refractivity contribution >= 4 is 37.4 Å². The molecule has 0 fully saturated rings. The van der Waals surface area contributed by atoms with Gasteiger partial charge in [-0.05, 0) is 42.8 Å². The Morgan fingerprint density at radius 2 is 1.76 bits per heavy atom. The molecule has 0 N–H and O–H groups in total. The van der Waals surface area contributed by atoms with E-state index in [1.807, 2.05) is 31.3 Å². The van der Waals surface area contributed by atoms with Gasteiger partial charge in [-0.2, -0.15) is 0 Å². The summed E-state index contributed by atoms with van der Waals surface area (Å²) in [6.45, 7) is 6.05. The van der Waals surface area contributed by atoms with Gasteiger partial charge in [0.2, 0.25) is 0 Å². The van der Waals surface area contributed by atoms with Crippen molar-refractivity contribution in [2.75, 3.05) is 37.3 Å². The second kappa shape index (κ2) is 11.4. The molecular formula is C24H29F3N2O3S2. The van der Waals surface area contributed by atoms with Crippen LogP contribution in [0.5, 0.6) is 11.5 Å². The first kappa shape index (κ1) is 26.3. The average Bonchev–Trinajstić information content (AvgIpc) is 3.13. The molecule has 0 radical (unpaired) electrons. The van der Waals surface area contributed by atoms with Gasteiger partial charge in [0.25, 0.3) is 0 Å². The summed E-state index contributed by atoms with van der Waals surface area (Å²) in [7, 11) is 2.19. The second-order valence-electron chi connectivity index (χ2n) is 8.35. The van der Waals surface area contributed by atoms with Crippen molar-refractivity contribution in [1.82, 2.24) is 4.90 Å². The van der Waals surface area contributed by atoms with Crippen LogP contribution in [0.25, 0.3) is 10.1 Å². The maximum absolute atomic E-state index is 13.5. The van der Waals surface area contributed by atoms with Crippen LogP contribution in [-0.2, 0) is 17.5 Å². The number of fused-ring (bicyclic) bond motifs is 1. The molecule has 34 heavy (non-hydrogen) atoms. The molecule has 2 aromatic carbocycles. The summed E-state index contributed by atoms with van der Waals surface area (Å²) in [6.07, 6.45) is -4.75. The summed E-state index contributed by atoms with van der Waals surface area (Å²) >= 11 is 1.48. The van der Waals surface area contributed by atoms with Crippen LogP contribution >= 0.6 is 11.3 Å². The monoisotopic (exact) mass is 514 g/mol. The molecule has 1 atom stereocenters. The predicted molar refractivity (Wildman–Crippen MR) is 133 cm³/mol. The maximum atomic E-state index is 13.5. The van der Waals surface area contributed by atoms with E-state index in [9.17, 15) is 17.4 Å². The highest BCUT2D eigenvalue weighted by Gasteiger charge is 2.31. The zero-order valence-corrected chi connectivity index (χ0v) is 21.2. The van der Waals surface area contributed by atoms with Crippen molar-refractivity contribution in [3.8, 4) is 11.5 Å². The molecule has 0 spiro atoms. The number of halogens is 3. The lowest BCUT2D eigenvalue weighted by Gasteiger charge is -2.25. The van der Waals surface area contributed by atoms with Gasteiger partial charge in [-0.3, -0.25) is 4.31 Å². The molecule has 0 aliphatic heterocycles. The quantitative estimate of drug-likeness (QED) is 0.312. The van der Waals surface area contributed by atoms with Crippen molar-refractivity contribution in [3.05, 3.63) is 54.1 Å². The zero-order valence-electron chi connectivity index (χ0n) is 19.6. The molecule has 0 aliphatic carbocycles. The molecule has 3 rings (SSSR count). The van der Waals surface area contributed by atoms with Crippen LogP contribution in [0.4, 0.5) is 18.2 Å². The number of ether oxygens (including phenoxy) is 2. The lowest BCUT2D eigenvalue weighted by atomic mass is 10.2. The highest BCUT2D eigenvalue weighted by atomic mass is 32.2. The van der Waals surface area contributed by atoms with Crippen LogP contribution in [0.2, 0.25) is 0 Å². The van der Waals surface area contributed by atoms with Crippen LogP contribution in [0.3, 0.4) is 0 Å². The van der Waals surface area contributed by atoms with Gasteiger partial charge in [-0.1, -0.05) is 38.1 Å².